The van der Waals surface area contributed by atoms with Crippen molar-refractivity contribution in [1.29, 1.82) is 0 Å². The Hall–Kier alpha value is -1.69. The quantitative estimate of drug-likeness (QED) is 0.530. The molecule has 0 fully saturated rings. The molecular weight excluding hydrogens is 411 g/mol. The standard InChI is InChI=1S/C22H20Cl2N2OS/c23-17-9-14(10-18(24)21(17)25)19(27)11-26-22-15-6-2-1-5-13(15)12-28-20-8-4-3-7-16(20)22/h1-10,19,22,26-27H,11-12,25H2/p+1/t19-,22-/m1/s1. The molecule has 6 heteroatoms. The SMILES string of the molecule is Nc1c(Cl)cc([C@H](O)C[NH2+][C@@H]2c3ccccc3CSc3ccccc32)cc1Cl. The van der Waals surface area contributed by atoms with Gasteiger partial charge >= 0.3 is 0 Å². The third-order valence-electron chi connectivity index (χ3n) is 5.11. The van der Waals surface area contributed by atoms with E-state index < -0.39 is 6.10 Å². The second-order valence-corrected chi connectivity index (χ2v) is 8.72. The average Bonchev–Trinajstić information content (AvgIpc) is 2.87. The summed E-state index contributed by atoms with van der Waals surface area (Å²) in [6.07, 6.45) is -0.703. The molecule has 0 radical (unpaired) electrons. The van der Waals surface area contributed by atoms with E-state index in [2.05, 4.69) is 53.8 Å². The van der Waals surface area contributed by atoms with Crippen molar-refractivity contribution in [3.05, 3.63) is 93.0 Å². The predicted octanol–water partition coefficient (Wildman–Crippen LogP) is 4.57. The van der Waals surface area contributed by atoms with E-state index in [9.17, 15) is 5.11 Å². The molecule has 0 spiro atoms. The van der Waals surface area contributed by atoms with E-state index in [-0.39, 0.29) is 6.04 Å². The van der Waals surface area contributed by atoms with Gasteiger partial charge in [0.25, 0.3) is 0 Å². The molecule has 0 amide bonds. The van der Waals surface area contributed by atoms with Gasteiger partial charge in [-0.2, -0.15) is 0 Å². The van der Waals surface area contributed by atoms with E-state index in [1.165, 1.54) is 21.6 Å². The molecule has 3 aromatic rings. The maximum absolute atomic E-state index is 10.8. The van der Waals surface area contributed by atoms with Crippen LogP contribution >= 0.6 is 35.0 Å². The number of hydrogen-bond acceptors (Lipinski definition) is 3. The Labute approximate surface area is 178 Å². The lowest BCUT2D eigenvalue weighted by Crippen LogP contribution is -2.86. The largest absolute Gasteiger partial charge is 0.396 e. The summed E-state index contributed by atoms with van der Waals surface area (Å²) in [6, 6.07) is 20.5. The molecule has 1 aliphatic heterocycles. The lowest BCUT2D eigenvalue weighted by atomic mass is 9.94. The number of nitrogens with two attached hydrogens (primary N) is 2. The summed E-state index contributed by atoms with van der Waals surface area (Å²) in [5, 5.41) is 13.7. The monoisotopic (exact) mass is 431 g/mol. The van der Waals surface area contributed by atoms with Crippen LogP contribution in [0.3, 0.4) is 0 Å². The molecule has 0 bridgehead atoms. The average molecular weight is 432 g/mol. The topological polar surface area (TPSA) is 62.9 Å². The van der Waals surface area contributed by atoms with Crippen molar-refractivity contribution in [2.75, 3.05) is 12.3 Å². The predicted molar refractivity (Wildman–Crippen MR) is 117 cm³/mol. The molecule has 1 aliphatic rings. The van der Waals surface area contributed by atoms with Crippen molar-refractivity contribution in [1.82, 2.24) is 0 Å². The highest BCUT2D eigenvalue weighted by molar-refractivity contribution is 7.98. The fourth-order valence-electron chi connectivity index (χ4n) is 3.61. The van der Waals surface area contributed by atoms with Crippen molar-refractivity contribution in [3.63, 3.8) is 0 Å². The first kappa shape index (κ1) is 19.6. The zero-order valence-corrected chi connectivity index (χ0v) is 17.4. The number of halogens is 2. The van der Waals surface area contributed by atoms with Gasteiger partial charge in [-0.3, -0.25) is 0 Å². The number of quaternary nitrogens is 1. The Bertz CT molecular complexity index is 941. The molecule has 144 valence electrons. The van der Waals surface area contributed by atoms with Gasteiger partial charge in [0.05, 0.1) is 15.7 Å². The van der Waals surface area contributed by atoms with E-state index in [1.54, 1.807) is 12.1 Å². The van der Waals surface area contributed by atoms with Gasteiger partial charge < -0.3 is 16.2 Å². The number of thioether (sulfide) groups is 1. The Kier molecular flexibility index (Phi) is 5.85. The second-order valence-electron chi connectivity index (χ2n) is 6.89. The third kappa shape index (κ3) is 3.88. The van der Waals surface area contributed by atoms with Gasteiger partial charge in [-0.05, 0) is 29.3 Å². The Morgan fingerprint density at radius 1 is 1.04 bits per heavy atom. The highest BCUT2D eigenvalue weighted by Crippen LogP contribution is 2.37. The van der Waals surface area contributed by atoms with Gasteiger partial charge in [0.15, 0.2) is 0 Å². The summed E-state index contributed by atoms with van der Waals surface area (Å²) < 4.78 is 0. The van der Waals surface area contributed by atoms with Crippen LogP contribution in [0.1, 0.15) is 34.4 Å². The van der Waals surface area contributed by atoms with Crippen LogP contribution < -0.4 is 11.1 Å². The smallest absolute Gasteiger partial charge is 0.139 e. The van der Waals surface area contributed by atoms with Gasteiger partial charge in [-0.1, -0.05) is 65.7 Å². The molecule has 4 rings (SSSR count). The summed E-state index contributed by atoms with van der Waals surface area (Å²) in [7, 11) is 0. The van der Waals surface area contributed by atoms with E-state index >= 15 is 0 Å². The van der Waals surface area contributed by atoms with Gasteiger partial charge in [0, 0.05) is 21.8 Å². The van der Waals surface area contributed by atoms with Crippen LogP contribution in [-0.4, -0.2) is 11.7 Å². The van der Waals surface area contributed by atoms with E-state index in [0.29, 0.717) is 27.8 Å². The van der Waals surface area contributed by atoms with E-state index in [4.69, 9.17) is 28.9 Å². The van der Waals surface area contributed by atoms with Gasteiger partial charge in [-0.15, -0.1) is 11.8 Å². The first-order valence-corrected chi connectivity index (χ1v) is 10.8. The van der Waals surface area contributed by atoms with Crippen molar-refractivity contribution in [2.24, 2.45) is 0 Å². The van der Waals surface area contributed by atoms with Crippen LogP contribution in [-0.2, 0) is 5.75 Å². The maximum Gasteiger partial charge on any atom is 0.139 e. The van der Waals surface area contributed by atoms with Crippen LogP contribution in [0, 0.1) is 0 Å². The number of fused-ring (bicyclic) bond motifs is 2. The first-order chi connectivity index (χ1) is 13.5. The lowest BCUT2D eigenvalue weighted by molar-refractivity contribution is -0.693. The van der Waals surface area contributed by atoms with Crippen LogP contribution in [0.15, 0.2) is 65.6 Å². The molecule has 1 heterocycles. The van der Waals surface area contributed by atoms with Gasteiger partial charge in [0.2, 0.25) is 0 Å². The number of aliphatic hydroxyl groups excluding tert-OH is 1. The molecule has 0 saturated heterocycles. The van der Waals surface area contributed by atoms with E-state index in [1.807, 2.05) is 11.8 Å². The number of aliphatic hydroxyl groups is 1. The lowest BCUT2D eigenvalue weighted by Gasteiger charge is -2.20. The van der Waals surface area contributed by atoms with Crippen molar-refractivity contribution < 1.29 is 10.4 Å². The molecule has 3 aromatic carbocycles. The normalized spacial score (nSPS) is 16.8. The second kappa shape index (κ2) is 8.36. The molecule has 0 aliphatic carbocycles. The Morgan fingerprint density at radius 3 is 2.43 bits per heavy atom. The number of nitrogen functional groups attached to an aromatic ring is 1. The summed E-state index contributed by atoms with van der Waals surface area (Å²) >= 11 is 14.1. The molecule has 2 atom stereocenters. The first-order valence-electron chi connectivity index (χ1n) is 9.10. The zero-order valence-electron chi connectivity index (χ0n) is 15.1. The number of anilines is 1. The van der Waals surface area contributed by atoms with Crippen LogP contribution in [0.5, 0.6) is 0 Å². The minimum atomic E-state index is -0.703. The molecule has 5 N–H and O–H groups in total. The number of rotatable bonds is 4. The van der Waals surface area contributed by atoms with Crippen molar-refractivity contribution in [2.45, 2.75) is 22.8 Å². The highest BCUT2D eigenvalue weighted by atomic mass is 35.5. The fourth-order valence-corrected chi connectivity index (χ4v) is 5.23. The number of benzene rings is 3. The van der Waals surface area contributed by atoms with Crippen LogP contribution in [0.4, 0.5) is 5.69 Å². The van der Waals surface area contributed by atoms with E-state index in [0.717, 1.165) is 5.75 Å². The third-order valence-corrected chi connectivity index (χ3v) is 6.87. The number of hydrogen-bond donors (Lipinski definition) is 3. The van der Waals surface area contributed by atoms with Crippen molar-refractivity contribution in [3.8, 4) is 0 Å². The fraction of sp³-hybridized carbons (Fsp3) is 0.182. The maximum atomic E-state index is 10.8. The minimum absolute atomic E-state index is 0.122. The highest BCUT2D eigenvalue weighted by Gasteiger charge is 2.27. The van der Waals surface area contributed by atoms with Crippen LogP contribution in [0.2, 0.25) is 10.0 Å². The summed E-state index contributed by atoms with van der Waals surface area (Å²) in [4.78, 5) is 1.29. The summed E-state index contributed by atoms with van der Waals surface area (Å²) in [5.74, 6) is 0.948. The molecule has 0 unspecified atom stereocenters. The molecule has 3 nitrogen and oxygen atoms in total. The van der Waals surface area contributed by atoms with Crippen LogP contribution in [0.25, 0.3) is 0 Å². The summed E-state index contributed by atoms with van der Waals surface area (Å²) in [6.45, 7) is 0.481. The Morgan fingerprint density at radius 2 is 1.68 bits per heavy atom. The molecule has 0 saturated carbocycles. The van der Waals surface area contributed by atoms with Gasteiger partial charge in [0.1, 0.15) is 18.7 Å². The van der Waals surface area contributed by atoms with Gasteiger partial charge in [-0.25, -0.2) is 0 Å². The Balaban J connectivity index is 1.62. The molecular formula is C22H21Cl2N2OS+. The molecule has 28 heavy (non-hydrogen) atoms. The minimum Gasteiger partial charge on any atom is -0.396 e. The van der Waals surface area contributed by atoms with Crippen molar-refractivity contribution >= 4 is 40.7 Å². The summed E-state index contributed by atoms with van der Waals surface area (Å²) in [5.41, 5.74) is 10.7. The molecule has 0 aromatic heterocycles. The zero-order chi connectivity index (χ0) is 19.7.